The van der Waals surface area contributed by atoms with E-state index in [1.807, 2.05) is 37.3 Å². The van der Waals surface area contributed by atoms with Crippen molar-refractivity contribution in [2.45, 2.75) is 25.0 Å². The molecule has 8 nitrogen and oxygen atoms in total. The zero-order chi connectivity index (χ0) is 21.3. The first kappa shape index (κ1) is 19.8. The summed E-state index contributed by atoms with van der Waals surface area (Å²) < 4.78 is 25.5. The number of benzene rings is 2. The minimum Gasteiger partial charge on any atom is -0.344 e. The molecule has 0 radical (unpaired) electrons. The van der Waals surface area contributed by atoms with Crippen molar-refractivity contribution >= 4 is 27.5 Å². The lowest BCUT2D eigenvalue weighted by Crippen LogP contribution is -2.35. The van der Waals surface area contributed by atoms with E-state index in [0.717, 1.165) is 11.1 Å². The van der Waals surface area contributed by atoms with Gasteiger partial charge in [-0.2, -0.15) is 5.10 Å². The van der Waals surface area contributed by atoms with Gasteiger partial charge in [-0.1, -0.05) is 48.0 Å². The highest BCUT2D eigenvalue weighted by molar-refractivity contribution is 7.90. The Bertz CT molecular complexity index is 1220. The van der Waals surface area contributed by atoms with E-state index in [4.69, 9.17) is 0 Å². The summed E-state index contributed by atoms with van der Waals surface area (Å²) in [5, 5.41) is 9.49. The van der Waals surface area contributed by atoms with Gasteiger partial charge in [-0.25, -0.2) is 13.1 Å². The Morgan fingerprint density at radius 2 is 1.70 bits per heavy atom. The van der Waals surface area contributed by atoms with Crippen molar-refractivity contribution in [3.8, 4) is 5.69 Å². The Morgan fingerprint density at radius 1 is 1.00 bits per heavy atom. The largest absolute Gasteiger partial charge is 0.344 e. The first-order valence-corrected chi connectivity index (χ1v) is 11.2. The second-order valence-corrected chi connectivity index (χ2v) is 9.24. The molecule has 4 rings (SSSR count). The third-order valence-electron chi connectivity index (χ3n) is 4.80. The number of nitrogens with one attached hydrogen (secondary N) is 2. The molecule has 1 aliphatic rings. The van der Waals surface area contributed by atoms with E-state index in [2.05, 4.69) is 15.7 Å². The van der Waals surface area contributed by atoms with Crippen LogP contribution in [0.25, 0.3) is 5.69 Å². The molecule has 9 heteroatoms. The standard InChI is InChI=1S/C21H20N4O4S/c1-14-7-9-15(10-8-14)11-22-20(26)21(27)23-19-17-12-30(28,29)13-18(17)24-25(19)16-5-3-2-4-6-16/h2-10H,11-13H2,1H3,(H,22,26)(H,23,27). The fraction of sp³-hybridized carbons (Fsp3) is 0.190. The fourth-order valence-electron chi connectivity index (χ4n) is 3.26. The molecule has 0 saturated heterocycles. The monoisotopic (exact) mass is 424 g/mol. The van der Waals surface area contributed by atoms with Crippen LogP contribution in [0, 0.1) is 6.92 Å². The molecular formula is C21H20N4O4S. The van der Waals surface area contributed by atoms with Crippen LogP contribution in [0.15, 0.2) is 54.6 Å². The van der Waals surface area contributed by atoms with E-state index in [9.17, 15) is 18.0 Å². The molecule has 2 heterocycles. The van der Waals surface area contributed by atoms with Crippen molar-refractivity contribution in [2.75, 3.05) is 5.32 Å². The number of aryl methyl sites for hydroxylation is 1. The van der Waals surface area contributed by atoms with E-state index in [-0.39, 0.29) is 23.9 Å². The van der Waals surface area contributed by atoms with Gasteiger partial charge in [0.2, 0.25) is 0 Å². The van der Waals surface area contributed by atoms with Crippen molar-refractivity contribution in [3.05, 3.63) is 77.0 Å². The normalized spacial score (nSPS) is 14.2. The maximum absolute atomic E-state index is 12.5. The minimum absolute atomic E-state index is 0.190. The number of carbonyl (C=O) groups excluding carboxylic acids is 2. The van der Waals surface area contributed by atoms with E-state index in [0.29, 0.717) is 16.9 Å². The first-order valence-electron chi connectivity index (χ1n) is 9.34. The van der Waals surface area contributed by atoms with Crippen LogP contribution in [-0.2, 0) is 37.5 Å². The van der Waals surface area contributed by atoms with Crippen LogP contribution in [0.5, 0.6) is 0 Å². The maximum Gasteiger partial charge on any atom is 0.314 e. The van der Waals surface area contributed by atoms with Gasteiger partial charge < -0.3 is 10.6 Å². The second kappa shape index (κ2) is 7.75. The molecule has 2 aromatic carbocycles. The number of hydrogen-bond acceptors (Lipinski definition) is 5. The fourth-order valence-corrected chi connectivity index (χ4v) is 4.75. The number of carbonyl (C=O) groups is 2. The molecule has 0 unspecified atom stereocenters. The van der Waals surface area contributed by atoms with Crippen LogP contribution in [0.4, 0.5) is 5.82 Å². The summed E-state index contributed by atoms with van der Waals surface area (Å²) in [4.78, 5) is 24.8. The van der Waals surface area contributed by atoms with E-state index in [1.165, 1.54) is 4.68 Å². The first-order chi connectivity index (χ1) is 14.3. The maximum atomic E-state index is 12.5. The highest BCUT2D eigenvalue weighted by atomic mass is 32.2. The lowest BCUT2D eigenvalue weighted by atomic mass is 10.1. The molecule has 2 amide bonds. The Labute approximate surface area is 173 Å². The lowest BCUT2D eigenvalue weighted by Gasteiger charge is -2.11. The quantitative estimate of drug-likeness (QED) is 0.621. The van der Waals surface area contributed by atoms with Gasteiger partial charge in [-0.3, -0.25) is 9.59 Å². The summed E-state index contributed by atoms with van der Waals surface area (Å²) in [6.07, 6.45) is 0. The molecule has 30 heavy (non-hydrogen) atoms. The minimum atomic E-state index is -3.32. The van der Waals surface area contributed by atoms with E-state index in [1.54, 1.807) is 24.3 Å². The zero-order valence-corrected chi connectivity index (χ0v) is 17.1. The van der Waals surface area contributed by atoms with Gasteiger partial charge in [0.05, 0.1) is 22.9 Å². The zero-order valence-electron chi connectivity index (χ0n) is 16.3. The summed E-state index contributed by atoms with van der Waals surface area (Å²) in [6, 6.07) is 16.6. The number of amides is 2. The molecule has 154 valence electrons. The van der Waals surface area contributed by atoms with Crippen LogP contribution < -0.4 is 10.6 Å². The van der Waals surface area contributed by atoms with Gasteiger partial charge in [0.1, 0.15) is 5.82 Å². The summed E-state index contributed by atoms with van der Waals surface area (Å²) in [6.45, 7) is 2.17. The highest BCUT2D eigenvalue weighted by Gasteiger charge is 2.33. The molecule has 0 spiro atoms. The number of para-hydroxylation sites is 1. The van der Waals surface area contributed by atoms with E-state index < -0.39 is 21.7 Å². The molecule has 0 bridgehead atoms. The number of aromatic nitrogens is 2. The molecular weight excluding hydrogens is 404 g/mol. The number of hydrogen-bond donors (Lipinski definition) is 2. The average molecular weight is 424 g/mol. The third kappa shape index (κ3) is 4.11. The average Bonchev–Trinajstić information content (AvgIpc) is 3.20. The number of nitrogens with zero attached hydrogens (tertiary/aromatic N) is 2. The van der Waals surface area contributed by atoms with Crippen molar-refractivity contribution in [2.24, 2.45) is 0 Å². The Hall–Kier alpha value is -3.46. The summed E-state index contributed by atoms with van der Waals surface area (Å²) in [5.41, 5.74) is 3.41. The SMILES string of the molecule is Cc1ccc(CNC(=O)C(=O)Nc2c3c(nn2-c2ccccc2)CS(=O)(=O)C3)cc1. The van der Waals surface area contributed by atoms with Crippen molar-refractivity contribution < 1.29 is 18.0 Å². The second-order valence-electron chi connectivity index (χ2n) is 7.18. The van der Waals surface area contributed by atoms with Crippen molar-refractivity contribution in [3.63, 3.8) is 0 Å². The third-order valence-corrected chi connectivity index (χ3v) is 6.24. The van der Waals surface area contributed by atoms with Gasteiger partial charge in [0.25, 0.3) is 0 Å². The molecule has 0 fully saturated rings. The smallest absolute Gasteiger partial charge is 0.314 e. The predicted molar refractivity (Wildman–Crippen MR) is 112 cm³/mol. The number of anilines is 1. The molecule has 0 saturated carbocycles. The number of rotatable bonds is 4. The van der Waals surface area contributed by atoms with E-state index >= 15 is 0 Å². The molecule has 1 aromatic heterocycles. The predicted octanol–water partition coefficient (Wildman–Crippen LogP) is 1.86. The highest BCUT2D eigenvalue weighted by Crippen LogP contribution is 2.32. The summed E-state index contributed by atoms with van der Waals surface area (Å²) >= 11 is 0. The Balaban J connectivity index is 1.55. The number of sulfone groups is 1. The Kier molecular flexibility index (Phi) is 5.13. The van der Waals surface area contributed by atoms with Crippen LogP contribution in [0.2, 0.25) is 0 Å². The van der Waals surface area contributed by atoms with Crippen molar-refractivity contribution in [1.29, 1.82) is 0 Å². The topological polar surface area (TPSA) is 110 Å². The van der Waals surface area contributed by atoms with Crippen LogP contribution >= 0.6 is 0 Å². The van der Waals surface area contributed by atoms with Crippen LogP contribution in [-0.4, -0.2) is 30.0 Å². The lowest BCUT2D eigenvalue weighted by molar-refractivity contribution is -0.136. The van der Waals surface area contributed by atoms with Gasteiger partial charge in [-0.15, -0.1) is 0 Å². The van der Waals surface area contributed by atoms with Crippen LogP contribution in [0.3, 0.4) is 0 Å². The molecule has 2 N–H and O–H groups in total. The Morgan fingerprint density at radius 3 is 2.40 bits per heavy atom. The van der Waals surface area contributed by atoms with Gasteiger partial charge in [0, 0.05) is 12.1 Å². The molecule has 3 aromatic rings. The molecule has 1 aliphatic heterocycles. The van der Waals surface area contributed by atoms with Gasteiger partial charge in [0.15, 0.2) is 9.84 Å². The molecule has 0 aliphatic carbocycles. The van der Waals surface area contributed by atoms with Gasteiger partial charge >= 0.3 is 11.8 Å². The summed E-state index contributed by atoms with van der Waals surface area (Å²) in [5.74, 6) is -1.91. The summed E-state index contributed by atoms with van der Waals surface area (Å²) in [7, 11) is -3.32. The van der Waals surface area contributed by atoms with Crippen molar-refractivity contribution in [1.82, 2.24) is 15.1 Å². The van der Waals surface area contributed by atoms with Crippen LogP contribution in [0.1, 0.15) is 22.4 Å². The van der Waals surface area contributed by atoms with Gasteiger partial charge in [-0.05, 0) is 24.6 Å². The number of fused-ring (bicyclic) bond motifs is 1. The molecule has 0 atom stereocenters.